The number of hydrogen-bond acceptors (Lipinski definition) is 2. The summed E-state index contributed by atoms with van der Waals surface area (Å²) in [6.45, 7) is 1.53. The van der Waals surface area contributed by atoms with Gasteiger partial charge in [0.15, 0.2) is 0 Å². The molecule has 0 aromatic rings. The maximum atomic E-state index is 8.76. The first-order valence-corrected chi connectivity index (χ1v) is 4.89. The fourth-order valence-electron chi connectivity index (χ4n) is 1.19. The molecular formula is C8H13Cl2NO. The summed E-state index contributed by atoms with van der Waals surface area (Å²) in [4.78, 5) is 2.15. The summed E-state index contributed by atoms with van der Waals surface area (Å²) in [6.07, 6.45) is 2.43. The Labute approximate surface area is 82.8 Å². The van der Waals surface area contributed by atoms with Crippen LogP contribution in [0.2, 0.25) is 0 Å². The molecule has 1 N–H and O–H groups in total. The Kier molecular flexibility index (Phi) is 4.36. The molecule has 0 spiro atoms. The normalized spacial score (nSPS) is 18.8. The number of nitrogens with zero attached hydrogens (tertiary/aromatic N) is 1. The molecule has 0 amide bonds. The van der Waals surface area contributed by atoms with E-state index in [1.165, 1.54) is 18.4 Å². The Morgan fingerprint density at radius 1 is 1.58 bits per heavy atom. The molecule has 1 rings (SSSR count). The highest BCUT2D eigenvalue weighted by Gasteiger charge is 2.28. The average Bonchev–Trinajstić information content (AvgIpc) is 2.86. The van der Waals surface area contributed by atoms with Gasteiger partial charge < -0.3 is 5.11 Å². The lowest BCUT2D eigenvalue weighted by Gasteiger charge is -2.19. The van der Waals surface area contributed by atoms with Crippen LogP contribution in [0.1, 0.15) is 12.8 Å². The zero-order valence-corrected chi connectivity index (χ0v) is 8.35. The van der Waals surface area contributed by atoms with Gasteiger partial charge in [0.05, 0.1) is 6.61 Å². The van der Waals surface area contributed by atoms with Gasteiger partial charge >= 0.3 is 0 Å². The first kappa shape index (κ1) is 10.3. The van der Waals surface area contributed by atoms with Crippen LogP contribution in [-0.4, -0.2) is 35.7 Å². The lowest BCUT2D eigenvalue weighted by molar-refractivity contribution is 0.201. The molecule has 12 heavy (non-hydrogen) atoms. The van der Waals surface area contributed by atoms with Gasteiger partial charge in [0.25, 0.3) is 0 Å². The zero-order chi connectivity index (χ0) is 8.97. The number of hydrogen-bond donors (Lipinski definition) is 1. The van der Waals surface area contributed by atoms with E-state index in [0.717, 1.165) is 0 Å². The quantitative estimate of drug-likeness (QED) is 0.747. The largest absolute Gasteiger partial charge is 0.395 e. The summed E-state index contributed by atoms with van der Waals surface area (Å²) in [7, 11) is 0. The van der Waals surface area contributed by atoms with Crippen LogP contribution < -0.4 is 0 Å². The van der Waals surface area contributed by atoms with Crippen molar-refractivity contribution in [2.75, 3.05) is 19.7 Å². The summed E-state index contributed by atoms with van der Waals surface area (Å²) < 4.78 is 0. The van der Waals surface area contributed by atoms with E-state index >= 15 is 0 Å². The van der Waals surface area contributed by atoms with Gasteiger partial charge in [-0.3, -0.25) is 4.90 Å². The SMILES string of the molecule is OCCN(CC(Cl)=CCl)C1CC1. The van der Waals surface area contributed by atoms with Crippen molar-refractivity contribution in [3.8, 4) is 0 Å². The summed E-state index contributed by atoms with van der Waals surface area (Å²) in [5.41, 5.74) is 1.38. The Balaban J connectivity index is 2.32. The summed E-state index contributed by atoms with van der Waals surface area (Å²) >= 11 is 11.2. The standard InChI is InChI=1S/C8H13Cl2NO/c9-5-7(10)6-11(3-4-12)8-1-2-8/h5,8,12H,1-4,6H2. The molecule has 70 valence electrons. The molecule has 0 bridgehead atoms. The molecule has 0 aromatic carbocycles. The van der Waals surface area contributed by atoms with Crippen LogP contribution in [0.15, 0.2) is 10.6 Å². The first-order chi connectivity index (χ1) is 5.77. The first-order valence-electron chi connectivity index (χ1n) is 4.07. The molecule has 0 heterocycles. The summed E-state index contributed by atoms with van der Waals surface area (Å²) in [5.74, 6) is 0. The third kappa shape index (κ3) is 3.31. The van der Waals surface area contributed by atoms with Crippen molar-refractivity contribution >= 4 is 23.2 Å². The van der Waals surface area contributed by atoms with Crippen LogP contribution >= 0.6 is 23.2 Å². The fraction of sp³-hybridized carbons (Fsp3) is 0.750. The van der Waals surface area contributed by atoms with Gasteiger partial charge in [-0.05, 0) is 12.8 Å². The minimum atomic E-state index is 0.183. The summed E-state index contributed by atoms with van der Waals surface area (Å²) in [6, 6.07) is 0.613. The van der Waals surface area contributed by atoms with Crippen LogP contribution in [0.4, 0.5) is 0 Å². The van der Waals surface area contributed by atoms with E-state index in [-0.39, 0.29) is 6.61 Å². The zero-order valence-electron chi connectivity index (χ0n) is 6.84. The van der Waals surface area contributed by atoms with Crippen molar-refractivity contribution in [1.29, 1.82) is 0 Å². The topological polar surface area (TPSA) is 23.5 Å². The molecule has 2 nitrogen and oxygen atoms in total. The second-order valence-corrected chi connectivity index (χ2v) is 3.68. The smallest absolute Gasteiger partial charge is 0.0558 e. The third-order valence-corrected chi connectivity index (χ3v) is 2.53. The van der Waals surface area contributed by atoms with Crippen molar-refractivity contribution < 1.29 is 5.11 Å². The predicted molar refractivity (Wildman–Crippen MR) is 51.5 cm³/mol. The van der Waals surface area contributed by atoms with E-state index in [1.807, 2.05) is 0 Å². The molecule has 0 unspecified atom stereocenters. The van der Waals surface area contributed by atoms with Gasteiger partial charge in [-0.25, -0.2) is 0 Å². The van der Waals surface area contributed by atoms with Gasteiger partial charge in [0.2, 0.25) is 0 Å². The monoisotopic (exact) mass is 209 g/mol. The Morgan fingerprint density at radius 3 is 2.67 bits per heavy atom. The van der Waals surface area contributed by atoms with Gasteiger partial charge in [-0.15, -0.1) is 0 Å². The minimum Gasteiger partial charge on any atom is -0.395 e. The van der Waals surface area contributed by atoms with Crippen molar-refractivity contribution in [2.45, 2.75) is 18.9 Å². The molecule has 0 aliphatic heterocycles. The van der Waals surface area contributed by atoms with E-state index in [4.69, 9.17) is 28.3 Å². The van der Waals surface area contributed by atoms with Crippen molar-refractivity contribution in [2.24, 2.45) is 0 Å². The molecule has 1 saturated carbocycles. The maximum Gasteiger partial charge on any atom is 0.0558 e. The van der Waals surface area contributed by atoms with Crippen LogP contribution in [-0.2, 0) is 0 Å². The van der Waals surface area contributed by atoms with Gasteiger partial charge in [-0.2, -0.15) is 0 Å². The van der Waals surface area contributed by atoms with Crippen LogP contribution in [0.5, 0.6) is 0 Å². The molecule has 4 heteroatoms. The second-order valence-electron chi connectivity index (χ2n) is 2.98. The van der Waals surface area contributed by atoms with E-state index < -0.39 is 0 Å². The fourth-order valence-corrected chi connectivity index (χ4v) is 1.41. The lowest BCUT2D eigenvalue weighted by atomic mass is 10.4. The molecule has 0 radical (unpaired) electrons. The molecule has 0 atom stereocenters. The van der Waals surface area contributed by atoms with E-state index in [9.17, 15) is 0 Å². The van der Waals surface area contributed by atoms with Gasteiger partial charge in [0.1, 0.15) is 0 Å². The lowest BCUT2D eigenvalue weighted by Crippen LogP contribution is -2.30. The molecular weight excluding hydrogens is 197 g/mol. The van der Waals surface area contributed by atoms with E-state index in [2.05, 4.69) is 4.90 Å². The highest BCUT2D eigenvalue weighted by molar-refractivity contribution is 6.36. The Bertz CT molecular complexity index is 168. The van der Waals surface area contributed by atoms with Crippen LogP contribution in [0, 0.1) is 0 Å². The Hall–Kier alpha value is 0.240. The van der Waals surface area contributed by atoms with E-state index in [0.29, 0.717) is 24.2 Å². The van der Waals surface area contributed by atoms with Gasteiger partial charge in [0, 0.05) is 29.7 Å². The van der Waals surface area contributed by atoms with E-state index in [1.54, 1.807) is 0 Å². The maximum absolute atomic E-state index is 8.76. The minimum absolute atomic E-state index is 0.183. The molecule has 0 aromatic heterocycles. The third-order valence-electron chi connectivity index (χ3n) is 1.92. The molecule has 1 fully saturated rings. The number of aliphatic hydroxyl groups is 1. The number of rotatable bonds is 5. The highest BCUT2D eigenvalue weighted by Crippen LogP contribution is 2.27. The van der Waals surface area contributed by atoms with Crippen molar-refractivity contribution in [3.05, 3.63) is 10.6 Å². The number of aliphatic hydroxyl groups excluding tert-OH is 1. The average molecular weight is 210 g/mol. The van der Waals surface area contributed by atoms with Crippen LogP contribution in [0.25, 0.3) is 0 Å². The highest BCUT2D eigenvalue weighted by atomic mass is 35.5. The molecule has 0 saturated heterocycles. The van der Waals surface area contributed by atoms with Crippen molar-refractivity contribution in [1.82, 2.24) is 4.90 Å². The second kappa shape index (κ2) is 5.07. The van der Waals surface area contributed by atoms with Crippen molar-refractivity contribution in [3.63, 3.8) is 0 Å². The van der Waals surface area contributed by atoms with Gasteiger partial charge in [-0.1, -0.05) is 23.2 Å². The predicted octanol–water partition coefficient (Wildman–Crippen LogP) is 1.76. The Morgan fingerprint density at radius 2 is 2.25 bits per heavy atom. The van der Waals surface area contributed by atoms with Crippen LogP contribution in [0.3, 0.4) is 0 Å². The molecule has 1 aliphatic rings. The molecule has 1 aliphatic carbocycles. The number of halogens is 2. The summed E-state index contributed by atoms with van der Waals surface area (Å²) in [5, 5.41) is 9.40.